The van der Waals surface area contributed by atoms with Gasteiger partial charge in [-0.1, -0.05) is 18.0 Å². The minimum Gasteiger partial charge on any atom is -0.311 e. The molecule has 0 fully saturated rings. The van der Waals surface area contributed by atoms with E-state index in [0.29, 0.717) is 10.8 Å². The third kappa shape index (κ3) is 2.93. The van der Waals surface area contributed by atoms with E-state index in [9.17, 15) is 4.79 Å². The van der Waals surface area contributed by atoms with Crippen molar-refractivity contribution in [2.24, 2.45) is 0 Å². The summed E-state index contributed by atoms with van der Waals surface area (Å²) in [6, 6.07) is 1.81. The van der Waals surface area contributed by atoms with Crippen molar-refractivity contribution >= 4 is 23.3 Å². The van der Waals surface area contributed by atoms with Gasteiger partial charge in [0.1, 0.15) is 5.82 Å². The molecular weight excluding hydrogens is 288 g/mol. The highest BCUT2D eigenvalue weighted by atomic mass is 35.5. The first-order valence-corrected chi connectivity index (χ1v) is 7.51. The van der Waals surface area contributed by atoms with Crippen LogP contribution in [0.2, 0.25) is 5.02 Å². The Morgan fingerprint density at radius 3 is 2.95 bits per heavy atom. The van der Waals surface area contributed by atoms with Gasteiger partial charge in [0.05, 0.1) is 11.2 Å². The summed E-state index contributed by atoms with van der Waals surface area (Å²) >= 11 is 6.30. The van der Waals surface area contributed by atoms with Crippen LogP contribution in [0, 0.1) is 0 Å². The summed E-state index contributed by atoms with van der Waals surface area (Å²) in [4.78, 5) is 15.3. The topological polar surface area (TPSA) is 59.8 Å². The largest absolute Gasteiger partial charge is 0.311 e. The molecular formula is C15H17ClN4O. The van der Waals surface area contributed by atoms with Crippen LogP contribution in [0.25, 0.3) is 11.1 Å². The number of anilines is 1. The maximum atomic E-state index is 11.2. The molecule has 6 heteroatoms. The van der Waals surface area contributed by atoms with Crippen LogP contribution >= 0.6 is 11.6 Å². The van der Waals surface area contributed by atoms with Crippen LogP contribution < -0.4 is 5.32 Å². The summed E-state index contributed by atoms with van der Waals surface area (Å²) in [6.07, 6.45) is 7.99. The number of carbonyl (C=O) groups excluding carboxylic acids is 1. The second kappa shape index (κ2) is 5.85. The van der Waals surface area contributed by atoms with E-state index in [2.05, 4.69) is 20.1 Å². The lowest BCUT2D eigenvalue weighted by molar-refractivity contribution is -0.114. The van der Waals surface area contributed by atoms with E-state index in [-0.39, 0.29) is 5.91 Å². The number of rotatable bonds is 2. The van der Waals surface area contributed by atoms with Gasteiger partial charge in [-0.25, -0.2) is 4.98 Å². The van der Waals surface area contributed by atoms with Crippen molar-refractivity contribution in [1.82, 2.24) is 14.8 Å². The first-order chi connectivity index (χ1) is 10.1. The SMILES string of the molecule is CC(=O)Nc1cc(-c2cnn3c2CCCCC3)c(Cl)cn1. The first-order valence-electron chi connectivity index (χ1n) is 7.13. The van der Waals surface area contributed by atoms with Gasteiger partial charge in [0.25, 0.3) is 0 Å². The first kappa shape index (κ1) is 14.1. The molecule has 1 aliphatic heterocycles. The number of nitrogens with zero attached hydrogens (tertiary/aromatic N) is 3. The van der Waals surface area contributed by atoms with E-state index < -0.39 is 0 Å². The summed E-state index contributed by atoms with van der Waals surface area (Å²) in [6.45, 7) is 2.42. The van der Waals surface area contributed by atoms with Gasteiger partial charge in [-0.05, 0) is 25.3 Å². The molecule has 2 aromatic heterocycles. The maximum Gasteiger partial charge on any atom is 0.222 e. The van der Waals surface area contributed by atoms with Gasteiger partial charge >= 0.3 is 0 Å². The molecule has 0 aliphatic carbocycles. The fourth-order valence-corrected chi connectivity index (χ4v) is 2.92. The Balaban J connectivity index is 2.03. The molecule has 5 nitrogen and oxygen atoms in total. The fraction of sp³-hybridized carbons (Fsp3) is 0.400. The highest BCUT2D eigenvalue weighted by molar-refractivity contribution is 6.33. The maximum absolute atomic E-state index is 11.2. The van der Waals surface area contributed by atoms with E-state index in [1.807, 2.05) is 12.3 Å². The Morgan fingerprint density at radius 1 is 1.29 bits per heavy atom. The predicted molar refractivity (Wildman–Crippen MR) is 82.3 cm³/mol. The van der Waals surface area contributed by atoms with Gasteiger partial charge in [-0.2, -0.15) is 5.10 Å². The zero-order valence-electron chi connectivity index (χ0n) is 11.9. The zero-order valence-corrected chi connectivity index (χ0v) is 12.7. The number of nitrogens with one attached hydrogen (secondary N) is 1. The molecule has 1 amide bonds. The van der Waals surface area contributed by atoms with Crippen LogP contribution in [-0.4, -0.2) is 20.7 Å². The number of pyridine rings is 1. The molecule has 0 aromatic carbocycles. The number of aromatic nitrogens is 3. The van der Waals surface area contributed by atoms with Gasteiger partial charge < -0.3 is 5.32 Å². The number of halogens is 1. The Bertz CT molecular complexity index is 680. The summed E-state index contributed by atoms with van der Waals surface area (Å²) in [5, 5.41) is 7.74. The average molecular weight is 305 g/mol. The summed E-state index contributed by atoms with van der Waals surface area (Å²) in [5.74, 6) is 0.361. The lowest BCUT2D eigenvalue weighted by atomic mass is 10.0. The van der Waals surface area contributed by atoms with Crippen LogP contribution in [-0.2, 0) is 17.8 Å². The molecule has 2 aromatic rings. The molecule has 0 saturated carbocycles. The van der Waals surface area contributed by atoms with Crippen LogP contribution in [0.3, 0.4) is 0 Å². The smallest absolute Gasteiger partial charge is 0.222 e. The fourth-order valence-electron chi connectivity index (χ4n) is 2.72. The average Bonchev–Trinajstić information content (AvgIpc) is 2.69. The molecule has 3 rings (SSSR count). The summed E-state index contributed by atoms with van der Waals surface area (Å²) in [7, 11) is 0. The Hall–Kier alpha value is -1.88. The molecule has 21 heavy (non-hydrogen) atoms. The van der Waals surface area contributed by atoms with E-state index in [1.54, 1.807) is 6.20 Å². The van der Waals surface area contributed by atoms with Crippen LogP contribution in [0.5, 0.6) is 0 Å². The van der Waals surface area contributed by atoms with Gasteiger partial charge in [-0.15, -0.1) is 0 Å². The predicted octanol–water partition coefficient (Wildman–Crippen LogP) is 3.28. The molecule has 0 saturated heterocycles. The van der Waals surface area contributed by atoms with Gasteiger partial charge in [0.15, 0.2) is 0 Å². The van der Waals surface area contributed by atoms with Crippen molar-refractivity contribution in [2.45, 2.75) is 39.2 Å². The summed E-state index contributed by atoms with van der Waals surface area (Å²) in [5.41, 5.74) is 3.13. The number of carbonyl (C=O) groups is 1. The molecule has 110 valence electrons. The molecule has 0 bridgehead atoms. The van der Waals surface area contributed by atoms with Crippen LogP contribution in [0.15, 0.2) is 18.5 Å². The Labute approximate surface area is 128 Å². The lowest BCUT2D eigenvalue weighted by Gasteiger charge is -2.09. The number of aryl methyl sites for hydroxylation is 1. The lowest BCUT2D eigenvalue weighted by Crippen LogP contribution is -2.07. The van der Waals surface area contributed by atoms with Crippen molar-refractivity contribution in [3.63, 3.8) is 0 Å². The number of fused-ring (bicyclic) bond motifs is 1. The molecule has 0 radical (unpaired) electrons. The second-order valence-corrected chi connectivity index (χ2v) is 5.68. The van der Waals surface area contributed by atoms with E-state index >= 15 is 0 Å². The highest BCUT2D eigenvalue weighted by Crippen LogP contribution is 2.33. The second-order valence-electron chi connectivity index (χ2n) is 5.27. The quantitative estimate of drug-likeness (QED) is 0.926. The van der Waals surface area contributed by atoms with Crippen molar-refractivity contribution in [3.8, 4) is 11.1 Å². The Kier molecular flexibility index (Phi) is 3.92. The van der Waals surface area contributed by atoms with Crippen molar-refractivity contribution in [1.29, 1.82) is 0 Å². The standard InChI is InChI=1S/C15H17ClN4O/c1-10(21)19-15-7-11(13(16)9-17-15)12-8-18-20-6-4-2-3-5-14(12)20/h7-9H,2-6H2,1H3,(H,17,19,21). The monoisotopic (exact) mass is 304 g/mol. The highest BCUT2D eigenvalue weighted by Gasteiger charge is 2.17. The molecule has 3 heterocycles. The minimum absolute atomic E-state index is 0.149. The van der Waals surface area contributed by atoms with Crippen molar-refractivity contribution < 1.29 is 4.79 Å². The van der Waals surface area contributed by atoms with Crippen LogP contribution in [0.4, 0.5) is 5.82 Å². The third-order valence-corrected chi connectivity index (χ3v) is 3.98. The third-order valence-electron chi connectivity index (χ3n) is 3.68. The zero-order chi connectivity index (χ0) is 14.8. The number of amides is 1. The molecule has 0 atom stereocenters. The molecule has 0 spiro atoms. The van der Waals surface area contributed by atoms with E-state index in [4.69, 9.17) is 11.6 Å². The van der Waals surface area contributed by atoms with Crippen molar-refractivity contribution in [3.05, 3.63) is 29.2 Å². The van der Waals surface area contributed by atoms with Gasteiger partial charge in [-0.3, -0.25) is 9.48 Å². The number of hydrogen-bond acceptors (Lipinski definition) is 3. The Morgan fingerprint density at radius 2 is 2.14 bits per heavy atom. The summed E-state index contributed by atoms with van der Waals surface area (Å²) < 4.78 is 2.07. The molecule has 0 unspecified atom stereocenters. The molecule has 1 N–H and O–H groups in total. The van der Waals surface area contributed by atoms with E-state index in [1.165, 1.54) is 25.5 Å². The van der Waals surface area contributed by atoms with Gasteiger partial charge in [0, 0.05) is 36.5 Å². The minimum atomic E-state index is -0.149. The number of hydrogen-bond donors (Lipinski definition) is 1. The van der Waals surface area contributed by atoms with Crippen molar-refractivity contribution in [2.75, 3.05) is 5.32 Å². The normalized spacial score (nSPS) is 14.4. The van der Waals surface area contributed by atoms with Crippen LogP contribution in [0.1, 0.15) is 31.9 Å². The molecule has 1 aliphatic rings. The van der Waals surface area contributed by atoms with E-state index in [0.717, 1.165) is 30.5 Å². The van der Waals surface area contributed by atoms with Gasteiger partial charge in [0.2, 0.25) is 5.91 Å².